The number of hydrazine groups is 1. The Hall–Kier alpha value is -1.16. The van der Waals surface area contributed by atoms with E-state index in [0.29, 0.717) is 10.6 Å². The van der Waals surface area contributed by atoms with E-state index in [4.69, 9.17) is 5.84 Å². The van der Waals surface area contributed by atoms with Crippen LogP contribution < -0.4 is 5.84 Å². The van der Waals surface area contributed by atoms with Gasteiger partial charge in [-0.25, -0.2) is 10.9 Å². The molecule has 0 aromatic carbocycles. The highest BCUT2D eigenvalue weighted by atomic mass is 16.2. The molecule has 0 saturated heterocycles. The minimum absolute atomic E-state index is 0.230. The van der Waals surface area contributed by atoms with Crippen LogP contribution in [-0.2, 0) is 9.59 Å². The summed E-state index contributed by atoms with van der Waals surface area (Å²) in [6.07, 6.45) is 1.81. The second-order valence-electron chi connectivity index (χ2n) is 2.16. The van der Waals surface area contributed by atoms with Gasteiger partial charge in [0.05, 0.1) is 0 Å². The SMILES string of the molecule is CC.CC1=CCC(=O)N(N)C1=O. The lowest BCUT2D eigenvalue weighted by molar-refractivity contribution is -0.143. The molecular weight excluding hydrogens is 156 g/mol. The molecule has 0 bridgehead atoms. The smallest absolute Gasteiger partial charge is 0.270 e. The quantitative estimate of drug-likeness (QED) is 0.329. The molecule has 0 spiro atoms. The summed E-state index contributed by atoms with van der Waals surface area (Å²) in [5.74, 6) is 4.35. The normalized spacial score (nSPS) is 16.7. The molecule has 4 nitrogen and oxygen atoms in total. The fourth-order valence-corrected chi connectivity index (χ4v) is 0.729. The van der Waals surface area contributed by atoms with Crippen LogP contribution in [0.4, 0.5) is 0 Å². The van der Waals surface area contributed by atoms with Gasteiger partial charge in [0.15, 0.2) is 0 Å². The van der Waals surface area contributed by atoms with Crippen molar-refractivity contribution in [1.29, 1.82) is 0 Å². The van der Waals surface area contributed by atoms with Crippen molar-refractivity contribution in [2.75, 3.05) is 0 Å². The van der Waals surface area contributed by atoms with Gasteiger partial charge in [-0.05, 0) is 6.92 Å². The number of rotatable bonds is 0. The first-order valence-electron chi connectivity index (χ1n) is 3.91. The minimum atomic E-state index is -0.406. The standard InChI is InChI=1S/C6H8N2O2.C2H6/c1-4-2-3-5(9)8(7)6(4)10;1-2/h2H,3,7H2,1H3;1-2H3. The molecule has 0 atom stereocenters. The lowest BCUT2D eigenvalue weighted by atomic mass is 10.1. The number of imide groups is 1. The third kappa shape index (κ3) is 2.17. The van der Waals surface area contributed by atoms with Crippen molar-refractivity contribution in [1.82, 2.24) is 5.01 Å². The van der Waals surface area contributed by atoms with Gasteiger partial charge >= 0.3 is 0 Å². The van der Waals surface area contributed by atoms with E-state index in [1.54, 1.807) is 13.0 Å². The first-order valence-corrected chi connectivity index (χ1v) is 3.91. The largest absolute Gasteiger partial charge is 0.273 e. The summed E-state index contributed by atoms with van der Waals surface area (Å²) in [4.78, 5) is 21.5. The molecule has 2 N–H and O–H groups in total. The maximum atomic E-state index is 10.8. The molecule has 1 rings (SSSR count). The van der Waals surface area contributed by atoms with Crippen molar-refractivity contribution in [3.63, 3.8) is 0 Å². The summed E-state index contributed by atoms with van der Waals surface area (Å²) in [6.45, 7) is 5.63. The van der Waals surface area contributed by atoms with E-state index < -0.39 is 5.91 Å². The molecule has 4 heteroatoms. The van der Waals surface area contributed by atoms with Crippen LogP contribution in [0.2, 0.25) is 0 Å². The molecule has 0 aromatic heterocycles. The Kier molecular flexibility index (Phi) is 4.21. The van der Waals surface area contributed by atoms with Crippen LogP contribution in [0.5, 0.6) is 0 Å². The third-order valence-corrected chi connectivity index (χ3v) is 1.41. The molecule has 0 unspecified atom stereocenters. The molecule has 0 fully saturated rings. The number of carbonyl (C=O) groups excluding carboxylic acids is 2. The van der Waals surface area contributed by atoms with Crippen LogP contribution in [0.1, 0.15) is 27.2 Å². The molecule has 1 heterocycles. The maximum absolute atomic E-state index is 10.8. The van der Waals surface area contributed by atoms with E-state index in [1.807, 2.05) is 13.8 Å². The van der Waals surface area contributed by atoms with E-state index >= 15 is 0 Å². The predicted molar refractivity (Wildman–Crippen MR) is 45.8 cm³/mol. The van der Waals surface area contributed by atoms with Gasteiger partial charge < -0.3 is 0 Å². The summed E-state index contributed by atoms with van der Waals surface area (Å²) >= 11 is 0. The average Bonchev–Trinajstić information content (AvgIpc) is 2.12. The topological polar surface area (TPSA) is 63.4 Å². The summed E-state index contributed by atoms with van der Waals surface area (Å²) in [5.41, 5.74) is 0.530. The Morgan fingerprint density at radius 1 is 1.42 bits per heavy atom. The van der Waals surface area contributed by atoms with Crippen LogP contribution in [0.15, 0.2) is 11.6 Å². The fourth-order valence-electron chi connectivity index (χ4n) is 0.729. The van der Waals surface area contributed by atoms with Crippen molar-refractivity contribution < 1.29 is 9.59 Å². The lowest BCUT2D eigenvalue weighted by Crippen LogP contribution is -2.44. The lowest BCUT2D eigenvalue weighted by Gasteiger charge is -2.17. The summed E-state index contributed by atoms with van der Waals surface area (Å²) < 4.78 is 0. The highest BCUT2D eigenvalue weighted by molar-refractivity contribution is 6.06. The van der Waals surface area contributed by atoms with Gasteiger partial charge in [-0.1, -0.05) is 19.9 Å². The zero-order valence-corrected chi connectivity index (χ0v) is 7.63. The maximum Gasteiger partial charge on any atom is 0.270 e. The Morgan fingerprint density at radius 2 is 1.92 bits per heavy atom. The molecule has 0 radical (unpaired) electrons. The second-order valence-corrected chi connectivity index (χ2v) is 2.16. The molecule has 0 aliphatic carbocycles. The van der Waals surface area contributed by atoms with Crippen molar-refractivity contribution in [3.05, 3.63) is 11.6 Å². The van der Waals surface area contributed by atoms with Gasteiger partial charge in [0.25, 0.3) is 5.91 Å². The van der Waals surface area contributed by atoms with E-state index in [0.717, 1.165) is 0 Å². The van der Waals surface area contributed by atoms with Crippen molar-refractivity contribution in [3.8, 4) is 0 Å². The Morgan fingerprint density at radius 3 is 2.33 bits per heavy atom. The molecule has 2 amide bonds. The molecule has 1 aliphatic rings. The monoisotopic (exact) mass is 170 g/mol. The third-order valence-electron chi connectivity index (χ3n) is 1.41. The van der Waals surface area contributed by atoms with Crippen molar-refractivity contribution >= 4 is 11.8 Å². The van der Waals surface area contributed by atoms with Gasteiger partial charge in [0, 0.05) is 12.0 Å². The summed E-state index contributed by atoms with van der Waals surface area (Å²) in [7, 11) is 0. The van der Waals surface area contributed by atoms with E-state index in [9.17, 15) is 9.59 Å². The fraction of sp³-hybridized carbons (Fsp3) is 0.500. The van der Waals surface area contributed by atoms with Crippen LogP contribution in [0.3, 0.4) is 0 Å². The van der Waals surface area contributed by atoms with Crippen LogP contribution in [-0.4, -0.2) is 16.8 Å². The van der Waals surface area contributed by atoms with Crippen molar-refractivity contribution in [2.45, 2.75) is 27.2 Å². The molecule has 0 saturated carbocycles. The van der Waals surface area contributed by atoms with E-state index in [2.05, 4.69) is 0 Å². The van der Waals surface area contributed by atoms with Crippen LogP contribution in [0, 0.1) is 0 Å². The highest BCUT2D eigenvalue weighted by Crippen LogP contribution is 2.07. The number of hydrogen-bond donors (Lipinski definition) is 1. The van der Waals surface area contributed by atoms with Crippen molar-refractivity contribution in [2.24, 2.45) is 5.84 Å². The van der Waals surface area contributed by atoms with Gasteiger partial charge in [-0.2, -0.15) is 0 Å². The van der Waals surface area contributed by atoms with Gasteiger partial charge in [0.1, 0.15) is 0 Å². The molecule has 0 aromatic rings. The van der Waals surface area contributed by atoms with E-state index in [1.165, 1.54) is 0 Å². The number of nitrogens with two attached hydrogens (primary N) is 1. The number of hydrogen-bond acceptors (Lipinski definition) is 3. The highest BCUT2D eigenvalue weighted by Gasteiger charge is 2.22. The average molecular weight is 170 g/mol. The van der Waals surface area contributed by atoms with Gasteiger partial charge in [-0.15, -0.1) is 0 Å². The zero-order valence-electron chi connectivity index (χ0n) is 7.63. The van der Waals surface area contributed by atoms with Crippen LogP contribution in [0.25, 0.3) is 0 Å². The number of nitrogens with zero attached hydrogens (tertiary/aromatic N) is 1. The first kappa shape index (κ1) is 10.8. The second kappa shape index (κ2) is 4.66. The summed E-state index contributed by atoms with van der Waals surface area (Å²) in [5, 5.41) is 0.648. The van der Waals surface area contributed by atoms with Gasteiger partial charge in [0.2, 0.25) is 5.91 Å². The number of carbonyl (C=O) groups is 2. The predicted octanol–water partition coefficient (Wildman–Crippen LogP) is 0.592. The van der Waals surface area contributed by atoms with Crippen LogP contribution >= 0.6 is 0 Å². The molecule has 1 aliphatic heterocycles. The molecular formula is C8H14N2O2. The zero-order chi connectivity index (χ0) is 9.72. The van der Waals surface area contributed by atoms with Gasteiger partial charge in [-0.3, -0.25) is 9.59 Å². The summed E-state index contributed by atoms with van der Waals surface area (Å²) in [6, 6.07) is 0. The molecule has 68 valence electrons. The minimum Gasteiger partial charge on any atom is -0.273 e. The van der Waals surface area contributed by atoms with E-state index in [-0.39, 0.29) is 12.3 Å². The molecule has 12 heavy (non-hydrogen) atoms. The Balaban J connectivity index is 0.000000561. The Labute approximate surface area is 72.0 Å². The number of amides is 2. The Bertz CT molecular complexity index is 221. The first-order chi connectivity index (χ1) is 5.63.